The summed E-state index contributed by atoms with van der Waals surface area (Å²) in [5, 5.41) is 2.17. The predicted molar refractivity (Wildman–Crippen MR) is 114 cm³/mol. The molecule has 0 fully saturated rings. The summed E-state index contributed by atoms with van der Waals surface area (Å²) < 4.78 is 74.2. The summed E-state index contributed by atoms with van der Waals surface area (Å²) in [5.41, 5.74) is -0.346. The number of hydrogen-bond acceptors (Lipinski definition) is 7. The Morgan fingerprint density at radius 3 is 2.49 bits per heavy atom. The smallest absolute Gasteiger partial charge is 0.445 e. The molecule has 0 spiro atoms. The lowest BCUT2D eigenvalue weighted by molar-refractivity contribution is -0.0598. The van der Waals surface area contributed by atoms with Crippen molar-refractivity contribution >= 4 is 29.0 Å². The van der Waals surface area contributed by atoms with Crippen LogP contribution in [0.25, 0.3) is 5.57 Å². The standard InChI is InChI=1S/C22H13F5N6O2/c23-12-2-1-3-13(24)18(12)19(34)32-16-9-30-17(10-29-16)33-15-5-4-11(20-28-6-7-35-20)8-14(15)31-21(33)22(25,26)27/h1-10,14-15H,(H,29,32,34). The molecule has 35 heavy (non-hydrogen) atoms. The molecule has 3 aromatic rings. The Kier molecular flexibility index (Phi) is 5.38. The topological polar surface area (TPSA) is 96.5 Å². The highest BCUT2D eigenvalue weighted by Gasteiger charge is 2.49. The first-order chi connectivity index (χ1) is 16.7. The number of aliphatic imine (C=N–C) groups is 1. The van der Waals surface area contributed by atoms with Crippen LogP contribution in [0.4, 0.5) is 33.6 Å². The molecule has 2 atom stereocenters. The SMILES string of the molecule is O=C(Nc1cnc(N2C(C(F)(F)F)=NC3C=C(c4ncco4)C=CC32)cn1)c1c(F)cccc1F. The highest BCUT2D eigenvalue weighted by atomic mass is 19.4. The van der Waals surface area contributed by atoms with Crippen molar-refractivity contribution in [2.45, 2.75) is 18.3 Å². The van der Waals surface area contributed by atoms with Crippen molar-refractivity contribution in [1.82, 2.24) is 15.0 Å². The van der Waals surface area contributed by atoms with E-state index in [2.05, 4.69) is 25.3 Å². The molecule has 13 heteroatoms. The van der Waals surface area contributed by atoms with E-state index in [-0.39, 0.29) is 17.5 Å². The number of oxazole rings is 1. The van der Waals surface area contributed by atoms with Crippen LogP contribution >= 0.6 is 0 Å². The van der Waals surface area contributed by atoms with Gasteiger partial charge in [0.05, 0.1) is 30.7 Å². The van der Waals surface area contributed by atoms with Gasteiger partial charge in [-0.3, -0.25) is 14.7 Å². The fourth-order valence-corrected chi connectivity index (χ4v) is 3.73. The van der Waals surface area contributed by atoms with Crippen molar-refractivity contribution in [3.8, 4) is 0 Å². The van der Waals surface area contributed by atoms with Gasteiger partial charge in [0.1, 0.15) is 23.5 Å². The number of benzene rings is 1. The maximum atomic E-state index is 13.8. The first-order valence-electron chi connectivity index (χ1n) is 10.0. The first-order valence-corrected chi connectivity index (χ1v) is 10.0. The van der Waals surface area contributed by atoms with Crippen LogP contribution in [-0.4, -0.2) is 45.0 Å². The number of anilines is 2. The van der Waals surface area contributed by atoms with E-state index in [0.717, 1.165) is 35.5 Å². The average Bonchev–Trinajstić information content (AvgIpc) is 3.47. The molecule has 1 N–H and O–H groups in total. The third-order valence-electron chi connectivity index (χ3n) is 5.22. The van der Waals surface area contributed by atoms with Gasteiger partial charge in [-0.15, -0.1) is 0 Å². The minimum atomic E-state index is -4.79. The van der Waals surface area contributed by atoms with Gasteiger partial charge in [0.2, 0.25) is 11.7 Å². The number of carbonyl (C=O) groups excluding carboxylic acids is 1. The van der Waals surface area contributed by atoms with E-state index in [1.807, 2.05) is 0 Å². The lowest BCUT2D eigenvalue weighted by Crippen LogP contribution is -2.45. The summed E-state index contributed by atoms with van der Waals surface area (Å²) in [6.07, 6.45) is 4.54. The number of rotatable bonds is 4. The Bertz CT molecular complexity index is 1350. The predicted octanol–water partition coefficient (Wildman–Crippen LogP) is 4.17. The van der Waals surface area contributed by atoms with Crippen LogP contribution in [0, 0.1) is 11.6 Å². The Hall–Kier alpha value is -4.42. The van der Waals surface area contributed by atoms with Crippen LogP contribution in [0.3, 0.4) is 0 Å². The van der Waals surface area contributed by atoms with E-state index in [4.69, 9.17) is 4.42 Å². The molecule has 1 aromatic carbocycles. The third kappa shape index (κ3) is 4.16. The lowest BCUT2D eigenvalue weighted by atomic mass is 9.98. The summed E-state index contributed by atoms with van der Waals surface area (Å²) in [5.74, 6) is -4.63. The van der Waals surface area contributed by atoms with E-state index in [1.165, 1.54) is 24.6 Å². The summed E-state index contributed by atoms with van der Waals surface area (Å²) in [6, 6.07) is 1.17. The van der Waals surface area contributed by atoms with Crippen molar-refractivity contribution < 1.29 is 31.2 Å². The second-order valence-electron chi connectivity index (χ2n) is 7.43. The van der Waals surface area contributed by atoms with E-state index in [0.29, 0.717) is 5.57 Å². The molecule has 0 saturated carbocycles. The second-order valence-corrected chi connectivity index (χ2v) is 7.43. The van der Waals surface area contributed by atoms with E-state index in [9.17, 15) is 26.7 Å². The van der Waals surface area contributed by atoms with Crippen LogP contribution in [0.1, 0.15) is 16.2 Å². The maximum Gasteiger partial charge on any atom is 0.449 e. The number of hydrogen-bond donors (Lipinski definition) is 1. The van der Waals surface area contributed by atoms with E-state index in [1.54, 1.807) is 6.08 Å². The van der Waals surface area contributed by atoms with Gasteiger partial charge in [0.15, 0.2) is 11.6 Å². The molecule has 2 aliphatic rings. The van der Waals surface area contributed by atoms with Gasteiger partial charge >= 0.3 is 6.18 Å². The van der Waals surface area contributed by atoms with Gasteiger partial charge < -0.3 is 9.73 Å². The number of amides is 1. The fraction of sp³-hybridized carbons (Fsp3) is 0.136. The molecule has 3 heterocycles. The zero-order valence-corrected chi connectivity index (χ0v) is 17.4. The summed E-state index contributed by atoms with van der Waals surface area (Å²) in [7, 11) is 0. The van der Waals surface area contributed by atoms with Crippen molar-refractivity contribution in [3.63, 3.8) is 0 Å². The van der Waals surface area contributed by atoms with Gasteiger partial charge in [-0.2, -0.15) is 13.2 Å². The Labute approximate surface area is 193 Å². The molecule has 178 valence electrons. The lowest BCUT2D eigenvalue weighted by Gasteiger charge is -2.28. The number of nitrogens with one attached hydrogen (secondary N) is 1. The highest BCUT2D eigenvalue weighted by Crippen LogP contribution is 2.36. The number of fused-ring (bicyclic) bond motifs is 1. The fourth-order valence-electron chi connectivity index (χ4n) is 3.73. The Balaban J connectivity index is 1.41. The molecule has 0 radical (unpaired) electrons. The monoisotopic (exact) mass is 488 g/mol. The van der Waals surface area contributed by atoms with Crippen LogP contribution in [-0.2, 0) is 0 Å². The van der Waals surface area contributed by atoms with Gasteiger partial charge in [-0.25, -0.2) is 23.7 Å². The maximum absolute atomic E-state index is 13.8. The zero-order valence-electron chi connectivity index (χ0n) is 17.4. The molecule has 2 aromatic heterocycles. The quantitative estimate of drug-likeness (QED) is 0.554. The van der Waals surface area contributed by atoms with Crippen LogP contribution in [0.2, 0.25) is 0 Å². The van der Waals surface area contributed by atoms with Gasteiger partial charge in [0, 0.05) is 5.57 Å². The number of allylic oxidation sites excluding steroid dienone is 2. The number of alkyl halides is 3. The summed E-state index contributed by atoms with van der Waals surface area (Å²) >= 11 is 0. The highest BCUT2D eigenvalue weighted by molar-refractivity contribution is 6.05. The second kappa shape index (κ2) is 8.42. The molecule has 1 aliphatic heterocycles. The molecule has 5 rings (SSSR count). The van der Waals surface area contributed by atoms with Crippen LogP contribution in [0.5, 0.6) is 0 Å². The van der Waals surface area contributed by atoms with Crippen LogP contribution < -0.4 is 10.2 Å². The molecular formula is C22H13F5N6O2. The largest absolute Gasteiger partial charge is 0.449 e. The molecular weight excluding hydrogens is 475 g/mol. The molecule has 1 amide bonds. The summed E-state index contributed by atoms with van der Waals surface area (Å²) in [4.78, 5) is 28.8. The number of nitrogens with zero attached hydrogens (tertiary/aromatic N) is 5. The van der Waals surface area contributed by atoms with Crippen molar-refractivity contribution in [2.24, 2.45) is 4.99 Å². The normalized spacial score (nSPS) is 19.3. The van der Waals surface area contributed by atoms with Crippen molar-refractivity contribution in [1.29, 1.82) is 0 Å². The van der Waals surface area contributed by atoms with Gasteiger partial charge in [0.25, 0.3) is 5.91 Å². The van der Waals surface area contributed by atoms with Crippen molar-refractivity contribution in [3.05, 3.63) is 84.4 Å². The third-order valence-corrected chi connectivity index (χ3v) is 5.22. The van der Waals surface area contributed by atoms with Crippen molar-refractivity contribution in [2.75, 3.05) is 10.2 Å². The zero-order chi connectivity index (χ0) is 24.7. The van der Waals surface area contributed by atoms with Crippen LogP contribution in [0.15, 0.2) is 70.7 Å². The Morgan fingerprint density at radius 1 is 1.09 bits per heavy atom. The van der Waals surface area contributed by atoms with E-state index < -0.39 is 47.2 Å². The van der Waals surface area contributed by atoms with Gasteiger partial charge in [-0.1, -0.05) is 18.2 Å². The molecule has 0 bridgehead atoms. The molecule has 1 aliphatic carbocycles. The minimum absolute atomic E-state index is 0.193. The first kappa shape index (κ1) is 22.4. The number of amidine groups is 1. The van der Waals surface area contributed by atoms with Gasteiger partial charge in [-0.05, 0) is 18.2 Å². The van der Waals surface area contributed by atoms with E-state index >= 15 is 0 Å². The Morgan fingerprint density at radius 2 is 1.86 bits per heavy atom. The average molecular weight is 488 g/mol. The summed E-state index contributed by atoms with van der Waals surface area (Å²) in [6.45, 7) is 0. The molecule has 2 unspecified atom stereocenters. The molecule has 8 nitrogen and oxygen atoms in total. The molecule has 0 saturated heterocycles. The minimum Gasteiger partial charge on any atom is -0.445 e. The number of halogens is 5. The number of aromatic nitrogens is 3. The number of carbonyl (C=O) groups is 1.